The van der Waals surface area contributed by atoms with Gasteiger partial charge in [-0.15, -0.1) is 0 Å². The Balaban J connectivity index is 1.42. The fourth-order valence-corrected chi connectivity index (χ4v) is 7.95. The standard InChI is InChI=1S/C46H70Cl2O4/c1-3-5-7-9-11-13-15-17-19-21-23-25-27-29-35-51-39-33-34-40(44-43(39)45(49)41-37(47)31-32-38(48)42(41)46(44)50)52-36-30-28-26-24-22-20-18-16-14-12-10-8-6-4-2/h31-34H,3-30,35-36H2,1-2H3. The van der Waals surface area contributed by atoms with Gasteiger partial charge in [0.05, 0.1) is 45.5 Å². The number of fused-ring (bicyclic) bond motifs is 2. The van der Waals surface area contributed by atoms with Crippen molar-refractivity contribution in [3.63, 3.8) is 0 Å². The molecule has 0 saturated heterocycles. The van der Waals surface area contributed by atoms with E-state index in [1.54, 1.807) is 24.3 Å². The third kappa shape index (κ3) is 15.7. The van der Waals surface area contributed by atoms with Crippen molar-refractivity contribution in [1.82, 2.24) is 0 Å². The van der Waals surface area contributed by atoms with E-state index in [0.717, 1.165) is 25.7 Å². The summed E-state index contributed by atoms with van der Waals surface area (Å²) < 4.78 is 12.4. The Hall–Kier alpha value is -2.04. The van der Waals surface area contributed by atoms with Crippen molar-refractivity contribution in [2.45, 2.75) is 194 Å². The van der Waals surface area contributed by atoms with E-state index >= 15 is 0 Å². The van der Waals surface area contributed by atoms with Gasteiger partial charge in [-0.1, -0.05) is 204 Å². The van der Waals surface area contributed by atoms with Crippen LogP contribution >= 0.6 is 23.2 Å². The zero-order valence-electron chi connectivity index (χ0n) is 32.9. The number of ketones is 2. The predicted octanol–water partition coefficient (Wildman–Crippen LogP) is 15.5. The van der Waals surface area contributed by atoms with E-state index in [1.165, 1.54) is 154 Å². The molecule has 0 heterocycles. The number of ether oxygens (including phenoxy) is 2. The van der Waals surface area contributed by atoms with Gasteiger partial charge in [0, 0.05) is 0 Å². The molecular formula is C46H70Cl2O4. The molecular weight excluding hydrogens is 687 g/mol. The molecule has 0 aliphatic heterocycles. The van der Waals surface area contributed by atoms with Crippen LogP contribution in [0.4, 0.5) is 0 Å². The first-order chi connectivity index (χ1) is 25.5. The summed E-state index contributed by atoms with van der Waals surface area (Å²) >= 11 is 13.0. The third-order valence-corrected chi connectivity index (χ3v) is 11.3. The van der Waals surface area contributed by atoms with Crippen LogP contribution in [0.25, 0.3) is 0 Å². The molecule has 0 saturated carbocycles. The van der Waals surface area contributed by atoms with E-state index in [9.17, 15) is 9.59 Å². The van der Waals surface area contributed by atoms with Gasteiger partial charge >= 0.3 is 0 Å². The summed E-state index contributed by atoms with van der Waals surface area (Å²) in [5, 5.41) is 0.435. The van der Waals surface area contributed by atoms with Gasteiger partial charge in [-0.25, -0.2) is 0 Å². The van der Waals surface area contributed by atoms with Gasteiger partial charge in [0.2, 0.25) is 0 Å². The molecule has 0 atom stereocenters. The van der Waals surface area contributed by atoms with E-state index in [4.69, 9.17) is 32.7 Å². The average molecular weight is 758 g/mol. The summed E-state index contributed by atoms with van der Waals surface area (Å²) in [6.07, 6.45) is 36.1. The molecule has 2 aromatic carbocycles. The summed E-state index contributed by atoms with van der Waals surface area (Å²) in [6.45, 7) is 5.52. The lowest BCUT2D eigenvalue weighted by Gasteiger charge is -2.24. The second-order valence-electron chi connectivity index (χ2n) is 15.1. The van der Waals surface area contributed by atoms with Crippen molar-refractivity contribution < 1.29 is 19.1 Å². The van der Waals surface area contributed by atoms with Crippen LogP contribution in [0.15, 0.2) is 24.3 Å². The maximum absolute atomic E-state index is 13.9. The monoisotopic (exact) mass is 756 g/mol. The first-order valence-corrected chi connectivity index (χ1v) is 22.3. The first kappa shape index (κ1) is 44.4. The van der Waals surface area contributed by atoms with Crippen molar-refractivity contribution in [2.75, 3.05) is 13.2 Å². The third-order valence-electron chi connectivity index (χ3n) is 10.7. The Morgan fingerprint density at radius 3 is 0.885 bits per heavy atom. The van der Waals surface area contributed by atoms with Crippen molar-refractivity contribution in [3.8, 4) is 11.5 Å². The largest absolute Gasteiger partial charge is 0.493 e. The summed E-state index contributed by atoms with van der Waals surface area (Å²) in [5.74, 6) is 0.146. The molecule has 0 bridgehead atoms. The van der Waals surface area contributed by atoms with Crippen LogP contribution in [0, 0.1) is 0 Å². The van der Waals surface area contributed by atoms with Gasteiger partial charge in [-0.2, -0.15) is 0 Å². The van der Waals surface area contributed by atoms with Gasteiger partial charge in [0.1, 0.15) is 11.5 Å². The Morgan fingerprint density at radius 2 is 0.615 bits per heavy atom. The van der Waals surface area contributed by atoms with Crippen molar-refractivity contribution in [1.29, 1.82) is 0 Å². The summed E-state index contributed by atoms with van der Waals surface area (Å²) in [5.41, 5.74) is 0.783. The molecule has 1 aliphatic rings. The number of hydrogen-bond donors (Lipinski definition) is 0. The molecule has 0 aromatic heterocycles. The molecule has 52 heavy (non-hydrogen) atoms. The average Bonchev–Trinajstić information content (AvgIpc) is 3.14. The van der Waals surface area contributed by atoms with E-state index < -0.39 is 0 Å². The number of carbonyl (C=O) groups is 2. The molecule has 0 spiro atoms. The van der Waals surface area contributed by atoms with E-state index in [1.807, 2.05) is 0 Å². The highest BCUT2D eigenvalue weighted by molar-refractivity contribution is 6.44. The fourth-order valence-electron chi connectivity index (χ4n) is 7.46. The number of unbranched alkanes of at least 4 members (excludes halogenated alkanes) is 26. The smallest absolute Gasteiger partial charge is 0.199 e. The first-order valence-electron chi connectivity index (χ1n) is 21.5. The molecule has 1 aliphatic carbocycles. The van der Waals surface area contributed by atoms with Crippen LogP contribution in [0.3, 0.4) is 0 Å². The Labute approximate surface area is 327 Å². The van der Waals surface area contributed by atoms with Gasteiger partial charge in [0.15, 0.2) is 11.6 Å². The number of rotatable bonds is 32. The van der Waals surface area contributed by atoms with Gasteiger partial charge in [0.25, 0.3) is 0 Å². The van der Waals surface area contributed by atoms with Crippen LogP contribution in [0.2, 0.25) is 10.0 Å². The predicted molar refractivity (Wildman–Crippen MR) is 221 cm³/mol. The highest BCUT2D eigenvalue weighted by Gasteiger charge is 2.38. The molecule has 292 valence electrons. The van der Waals surface area contributed by atoms with Crippen LogP contribution < -0.4 is 9.47 Å². The lowest BCUT2D eigenvalue weighted by Crippen LogP contribution is -2.24. The Kier molecular flexibility index (Phi) is 23.5. The zero-order valence-corrected chi connectivity index (χ0v) is 34.4. The van der Waals surface area contributed by atoms with E-state index in [2.05, 4.69) is 13.8 Å². The summed E-state index contributed by atoms with van der Waals surface area (Å²) in [6, 6.07) is 6.70. The zero-order chi connectivity index (χ0) is 37.2. The quantitative estimate of drug-likeness (QED) is 0.0595. The molecule has 3 rings (SSSR count). The van der Waals surface area contributed by atoms with Gasteiger partial charge < -0.3 is 9.47 Å². The molecule has 6 heteroatoms. The molecule has 0 N–H and O–H groups in total. The minimum Gasteiger partial charge on any atom is -0.493 e. The van der Waals surface area contributed by atoms with E-state index in [-0.39, 0.29) is 43.9 Å². The van der Waals surface area contributed by atoms with Crippen molar-refractivity contribution in [2.24, 2.45) is 0 Å². The number of benzene rings is 2. The molecule has 0 unspecified atom stereocenters. The Morgan fingerprint density at radius 1 is 0.365 bits per heavy atom. The minimum atomic E-state index is -0.338. The van der Waals surface area contributed by atoms with E-state index in [0.29, 0.717) is 24.7 Å². The molecule has 2 aromatic rings. The molecule has 0 amide bonds. The normalized spacial score (nSPS) is 12.3. The van der Waals surface area contributed by atoms with Crippen LogP contribution in [0.1, 0.15) is 225 Å². The summed E-state index contributed by atoms with van der Waals surface area (Å²) in [4.78, 5) is 27.9. The number of halogens is 2. The number of carbonyl (C=O) groups excluding carboxylic acids is 2. The highest BCUT2D eigenvalue weighted by Crippen LogP contribution is 2.43. The lowest BCUT2D eigenvalue weighted by atomic mass is 9.83. The maximum atomic E-state index is 13.9. The highest BCUT2D eigenvalue weighted by atomic mass is 35.5. The maximum Gasteiger partial charge on any atom is 0.199 e. The van der Waals surface area contributed by atoms with Crippen LogP contribution in [0.5, 0.6) is 11.5 Å². The molecule has 0 radical (unpaired) electrons. The SMILES string of the molecule is CCCCCCCCCCCCCCCCOc1ccc(OCCCCCCCCCCCCCCCC)c2c1C(=O)c1c(Cl)ccc(Cl)c1C2=O. The van der Waals surface area contributed by atoms with Crippen molar-refractivity contribution in [3.05, 3.63) is 56.6 Å². The summed E-state index contributed by atoms with van der Waals surface area (Å²) in [7, 11) is 0. The van der Waals surface area contributed by atoms with Crippen molar-refractivity contribution >= 4 is 34.8 Å². The second kappa shape index (κ2) is 27.5. The van der Waals surface area contributed by atoms with Gasteiger partial charge in [-0.3, -0.25) is 9.59 Å². The van der Waals surface area contributed by atoms with Crippen LogP contribution in [-0.2, 0) is 0 Å². The van der Waals surface area contributed by atoms with Crippen LogP contribution in [-0.4, -0.2) is 24.8 Å². The second-order valence-corrected chi connectivity index (χ2v) is 16.0. The topological polar surface area (TPSA) is 52.6 Å². The molecule has 0 fully saturated rings. The van der Waals surface area contributed by atoms with Gasteiger partial charge in [-0.05, 0) is 37.1 Å². The Bertz CT molecular complexity index is 1210. The lowest BCUT2D eigenvalue weighted by molar-refractivity contribution is 0.0972. The minimum absolute atomic E-state index is 0.150. The number of hydrogen-bond acceptors (Lipinski definition) is 4. The fraction of sp³-hybridized carbons (Fsp3) is 0.696. The molecule has 4 nitrogen and oxygen atoms in total.